The molecule has 1 spiro atoms. The standard InChI is InChI=1S/C20H32O3/c1-17(2)5-4-6-18(3)13(17)9-16(23)20-8-7-19(11-20,12-21)15(22)10-14(18)20/h7-8,13-16,21-23H,4-6,9-12H2,1-3H3/t13-,14+,15-,16+,18-,19-,20-/m1/s1. The van der Waals surface area contributed by atoms with Crippen molar-refractivity contribution in [2.45, 2.75) is 71.5 Å². The molecule has 0 aromatic heterocycles. The number of hydrogen-bond acceptors (Lipinski definition) is 3. The Labute approximate surface area is 139 Å². The fourth-order valence-corrected chi connectivity index (χ4v) is 7.33. The van der Waals surface area contributed by atoms with E-state index in [1.54, 1.807) is 0 Å². The Balaban J connectivity index is 1.80. The molecule has 0 amide bonds. The van der Waals surface area contributed by atoms with Crippen molar-refractivity contribution >= 4 is 0 Å². The summed E-state index contributed by atoms with van der Waals surface area (Å²) in [5.41, 5.74) is -0.321. The molecule has 0 aromatic rings. The van der Waals surface area contributed by atoms with Crippen molar-refractivity contribution in [1.29, 1.82) is 0 Å². The fraction of sp³-hybridized carbons (Fsp3) is 0.900. The molecule has 4 aliphatic rings. The summed E-state index contributed by atoms with van der Waals surface area (Å²) in [4.78, 5) is 0. The number of hydrogen-bond donors (Lipinski definition) is 3. The SMILES string of the molecule is CC1(C)CCC[C@]2(C)[C@@H]1C[C@H](O)[C@]13C=C[C@](CO)(C1)[C@H](O)C[C@@H]23. The average Bonchev–Trinajstić information content (AvgIpc) is 2.83. The molecule has 4 aliphatic carbocycles. The minimum absolute atomic E-state index is 0.0164. The van der Waals surface area contributed by atoms with E-state index in [2.05, 4.69) is 26.8 Å². The maximum absolute atomic E-state index is 11.1. The van der Waals surface area contributed by atoms with Crippen LogP contribution in [0.2, 0.25) is 0 Å². The summed E-state index contributed by atoms with van der Waals surface area (Å²) in [5.74, 6) is 0.828. The summed E-state index contributed by atoms with van der Waals surface area (Å²) in [6.07, 6.45) is 9.34. The molecule has 3 N–H and O–H groups in total. The Hall–Kier alpha value is -0.380. The second kappa shape index (κ2) is 4.62. The van der Waals surface area contributed by atoms with Gasteiger partial charge in [-0.2, -0.15) is 0 Å². The predicted octanol–water partition coefficient (Wildman–Crippen LogP) is 2.89. The lowest BCUT2D eigenvalue weighted by atomic mass is 9.39. The molecule has 23 heavy (non-hydrogen) atoms. The molecule has 0 aromatic carbocycles. The van der Waals surface area contributed by atoms with E-state index in [0.29, 0.717) is 24.7 Å². The van der Waals surface area contributed by atoms with Crippen molar-refractivity contribution in [2.24, 2.45) is 33.5 Å². The van der Waals surface area contributed by atoms with Gasteiger partial charge in [0.1, 0.15) is 0 Å². The maximum atomic E-state index is 11.1. The van der Waals surface area contributed by atoms with E-state index in [4.69, 9.17) is 0 Å². The van der Waals surface area contributed by atoms with E-state index in [9.17, 15) is 15.3 Å². The van der Waals surface area contributed by atoms with Gasteiger partial charge in [0.25, 0.3) is 0 Å². The minimum atomic E-state index is -0.523. The summed E-state index contributed by atoms with van der Waals surface area (Å²) in [7, 11) is 0. The van der Waals surface area contributed by atoms with Crippen LogP contribution in [-0.4, -0.2) is 34.1 Å². The van der Waals surface area contributed by atoms with Gasteiger partial charge in [-0.1, -0.05) is 39.3 Å². The van der Waals surface area contributed by atoms with E-state index in [1.165, 1.54) is 19.3 Å². The Morgan fingerprint density at radius 3 is 2.35 bits per heavy atom. The Bertz CT molecular complexity index is 541. The van der Waals surface area contributed by atoms with Crippen LogP contribution in [0.1, 0.15) is 59.3 Å². The molecule has 130 valence electrons. The quantitative estimate of drug-likeness (QED) is 0.651. The zero-order valence-electron chi connectivity index (χ0n) is 14.8. The highest BCUT2D eigenvalue weighted by atomic mass is 16.3. The molecule has 4 rings (SSSR count). The molecule has 3 nitrogen and oxygen atoms in total. The van der Waals surface area contributed by atoms with Gasteiger partial charge in [-0.3, -0.25) is 0 Å². The highest BCUT2D eigenvalue weighted by molar-refractivity contribution is 5.30. The van der Waals surface area contributed by atoms with Crippen molar-refractivity contribution in [3.63, 3.8) is 0 Å². The van der Waals surface area contributed by atoms with Crippen LogP contribution in [-0.2, 0) is 0 Å². The van der Waals surface area contributed by atoms with Gasteiger partial charge in [-0.05, 0) is 54.8 Å². The molecule has 3 fully saturated rings. The van der Waals surface area contributed by atoms with Crippen LogP contribution in [0, 0.1) is 33.5 Å². The largest absolute Gasteiger partial charge is 0.395 e. The van der Waals surface area contributed by atoms with Gasteiger partial charge < -0.3 is 15.3 Å². The molecule has 3 heteroatoms. The first kappa shape index (κ1) is 16.1. The Morgan fingerprint density at radius 2 is 1.65 bits per heavy atom. The molecule has 0 saturated heterocycles. The van der Waals surface area contributed by atoms with Crippen molar-refractivity contribution in [3.05, 3.63) is 12.2 Å². The molecule has 7 atom stereocenters. The number of aliphatic hydroxyl groups excluding tert-OH is 3. The van der Waals surface area contributed by atoms with Gasteiger partial charge in [0, 0.05) is 10.8 Å². The smallest absolute Gasteiger partial charge is 0.0656 e. The van der Waals surface area contributed by atoms with E-state index in [-0.39, 0.29) is 29.0 Å². The zero-order valence-corrected chi connectivity index (χ0v) is 14.8. The highest BCUT2D eigenvalue weighted by Gasteiger charge is 2.68. The lowest BCUT2D eigenvalue weighted by Gasteiger charge is -2.66. The van der Waals surface area contributed by atoms with Crippen molar-refractivity contribution in [1.82, 2.24) is 0 Å². The average molecular weight is 320 g/mol. The van der Waals surface area contributed by atoms with Crippen LogP contribution in [0.25, 0.3) is 0 Å². The third-order valence-electron chi connectivity index (χ3n) is 8.58. The Morgan fingerprint density at radius 1 is 0.957 bits per heavy atom. The fourth-order valence-electron chi connectivity index (χ4n) is 7.33. The monoisotopic (exact) mass is 320 g/mol. The van der Waals surface area contributed by atoms with Gasteiger partial charge in [0.05, 0.1) is 18.8 Å². The van der Waals surface area contributed by atoms with Crippen LogP contribution < -0.4 is 0 Å². The van der Waals surface area contributed by atoms with E-state index < -0.39 is 11.5 Å². The number of fused-ring (bicyclic) bond motifs is 3. The molecular formula is C20H32O3. The molecule has 0 unspecified atom stereocenters. The van der Waals surface area contributed by atoms with Gasteiger partial charge in [0.15, 0.2) is 0 Å². The van der Waals surface area contributed by atoms with E-state index >= 15 is 0 Å². The van der Waals surface area contributed by atoms with Crippen molar-refractivity contribution in [2.75, 3.05) is 6.61 Å². The molecular weight excluding hydrogens is 288 g/mol. The first-order chi connectivity index (χ1) is 10.7. The van der Waals surface area contributed by atoms with Crippen LogP contribution in [0.4, 0.5) is 0 Å². The lowest BCUT2D eigenvalue weighted by Crippen LogP contribution is -2.63. The molecule has 2 bridgehead atoms. The first-order valence-electron chi connectivity index (χ1n) is 9.38. The summed E-state index contributed by atoms with van der Waals surface area (Å²) in [5, 5.41) is 31.9. The number of rotatable bonds is 1. The van der Waals surface area contributed by atoms with Crippen molar-refractivity contribution < 1.29 is 15.3 Å². The molecule has 0 heterocycles. The third-order valence-corrected chi connectivity index (χ3v) is 8.58. The topological polar surface area (TPSA) is 60.7 Å². The summed E-state index contributed by atoms with van der Waals surface area (Å²) in [6, 6.07) is 0. The molecule has 0 aliphatic heterocycles. The third kappa shape index (κ3) is 1.82. The van der Waals surface area contributed by atoms with Crippen LogP contribution in [0.5, 0.6) is 0 Å². The van der Waals surface area contributed by atoms with E-state index in [0.717, 1.165) is 6.42 Å². The lowest BCUT2D eigenvalue weighted by molar-refractivity contribution is -0.212. The van der Waals surface area contributed by atoms with Crippen LogP contribution in [0.3, 0.4) is 0 Å². The van der Waals surface area contributed by atoms with E-state index in [1.807, 2.05) is 6.08 Å². The van der Waals surface area contributed by atoms with Gasteiger partial charge in [0.2, 0.25) is 0 Å². The minimum Gasteiger partial charge on any atom is -0.395 e. The maximum Gasteiger partial charge on any atom is 0.0656 e. The van der Waals surface area contributed by atoms with Crippen LogP contribution >= 0.6 is 0 Å². The van der Waals surface area contributed by atoms with Gasteiger partial charge in [-0.25, -0.2) is 0 Å². The second-order valence-corrected chi connectivity index (χ2v) is 9.97. The summed E-state index contributed by atoms with van der Waals surface area (Å²) in [6.45, 7) is 7.13. The summed E-state index contributed by atoms with van der Waals surface area (Å²) < 4.78 is 0. The zero-order chi connectivity index (χ0) is 16.7. The van der Waals surface area contributed by atoms with Crippen molar-refractivity contribution in [3.8, 4) is 0 Å². The molecule has 0 radical (unpaired) electrons. The normalized spacial score (nSPS) is 57.0. The summed E-state index contributed by atoms with van der Waals surface area (Å²) >= 11 is 0. The molecule has 3 saturated carbocycles. The highest BCUT2D eigenvalue weighted by Crippen LogP contribution is 2.71. The van der Waals surface area contributed by atoms with Crippen LogP contribution in [0.15, 0.2) is 12.2 Å². The predicted molar refractivity (Wildman–Crippen MR) is 89.7 cm³/mol. The van der Waals surface area contributed by atoms with Gasteiger partial charge >= 0.3 is 0 Å². The second-order valence-electron chi connectivity index (χ2n) is 9.97. The Kier molecular flexibility index (Phi) is 3.23. The van der Waals surface area contributed by atoms with Gasteiger partial charge in [-0.15, -0.1) is 0 Å². The first-order valence-corrected chi connectivity index (χ1v) is 9.38. The number of aliphatic hydroxyl groups is 3.